The molecule has 0 aliphatic carbocycles. The molecule has 112 valence electrons. The Labute approximate surface area is 123 Å². The molecule has 1 aliphatic heterocycles. The van der Waals surface area contributed by atoms with Crippen molar-refractivity contribution < 1.29 is 0 Å². The van der Waals surface area contributed by atoms with E-state index in [-0.39, 0.29) is 0 Å². The lowest BCUT2D eigenvalue weighted by Crippen LogP contribution is -2.43. The zero-order valence-corrected chi connectivity index (χ0v) is 13.4. The average molecular weight is 275 g/mol. The first-order chi connectivity index (χ1) is 9.65. The second-order valence-electron chi connectivity index (χ2n) is 6.16. The smallest absolute Gasteiger partial charge is 0.129 e. The van der Waals surface area contributed by atoms with Crippen molar-refractivity contribution in [1.82, 2.24) is 10.3 Å². The molecule has 1 aromatic rings. The molecule has 1 fully saturated rings. The number of rotatable bonds is 5. The Balaban J connectivity index is 2.28. The molecule has 3 heteroatoms. The quantitative estimate of drug-likeness (QED) is 0.893. The maximum Gasteiger partial charge on any atom is 0.129 e. The molecule has 2 atom stereocenters. The van der Waals surface area contributed by atoms with Gasteiger partial charge in [-0.25, -0.2) is 4.98 Å². The van der Waals surface area contributed by atoms with Gasteiger partial charge >= 0.3 is 0 Å². The van der Waals surface area contributed by atoms with Crippen LogP contribution in [-0.4, -0.2) is 24.6 Å². The topological polar surface area (TPSA) is 28.2 Å². The number of hydrogen-bond donors (Lipinski definition) is 1. The van der Waals surface area contributed by atoms with Gasteiger partial charge in [0, 0.05) is 24.8 Å². The predicted molar refractivity (Wildman–Crippen MR) is 86.2 cm³/mol. The van der Waals surface area contributed by atoms with Crippen molar-refractivity contribution in [3.8, 4) is 0 Å². The van der Waals surface area contributed by atoms with Crippen molar-refractivity contribution in [2.75, 3.05) is 18.5 Å². The minimum atomic E-state index is 0.593. The van der Waals surface area contributed by atoms with Crippen LogP contribution in [0.2, 0.25) is 0 Å². The van der Waals surface area contributed by atoms with Crippen molar-refractivity contribution in [3.63, 3.8) is 0 Å². The molecule has 1 aliphatic rings. The summed E-state index contributed by atoms with van der Waals surface area (Å²) in [6.45, 7) is 8.99. The highest BCUT2D eigenvalue weighted by molar-refractivity contribution is 5.44. The molecule has 20 heavy (non-hydrogen) atoms. The van der Waals surface area contributed by atoms with Crippen LogP contribution in [0.3, 0.4) is 0 Å². The van der Waals surface area contributed by atoms with E-state index in [1.165, 1.54) is 29.9 Å². The summed E-state index contributed by atoms with van der Waals surface area (Å²) in [5.74, 6) is 1.94. The number of pyridine rings is 1. The summed E-state index contributed by atoms with van der Waals surface area (Å²) < 4.78 is 0. The van der Waals surface area contributed by atoms with E-state index in [9.17, 15) is 0 Å². The summed E-state index contributed by atoms with van der Waals surface area (Å²) in [6, 6.07) is 5.11. The van der Waals surface area contributed by atoms with Gasteiger partial charge in [0.15, 0.2) is 0 Å². The number of piperidine rings is 1. The van der Waals surface area contributed by atoms with E-state index in [0.717, 1.165) is 31.8 Å². The SMILES string of the molecule is CCCc1cc(CNC)cc(N2CCCC(C)C2C)n1. The molecule has 0 radical (unpaired) electrons. The molecular formula is C17H29N3. The third-order valence-electron chi connectivity index (χ3n) is 4.48. The summed E-state index contributed by atoms with van der Waals surface area (Å²) in [4.78, 5) is 7.42. The van der Waals surface area contributed by atoms with Crippen LogP contribution < -0.4 is 10.2 Å². The summed E-state index contributed by atoms with van der Waals surface area (Å²) in [5, 5.41) is 3.26. The third kappa shape index (κ3) is 3.51. The summed E-state index contributed by atoms with van der Waals surface area (Å²) >= 11 is 0. The van der Waals surface area contributed by atoms with E-state index in [0.29, 0.717) is 6.04 Å². The minimum Gasteiger partial charge on any atom is -0.354 e. The van der Waals surface area contributed by atoms with Crippen LogP contribution in [0.4, 0.5) is 5.82 Å². The van der Waals surface area contributed by atoms with Gasteiger partial charge in [0.05, 0.1) is 0 Å². The Kier molecular flexibility index (Phi) is 5.41. The maximum atomic E-state index is 4.91. The first-order valence-corrected chi connectivity index (χ1v) is 8.06. The van der Waals surface area contributed by atoms with E-state index >= 15 is 0 Å². The third-order valence-corrected chi connectivity index (χ3v) is 4.48. The zero-order chi connectivity index (χ0) is 14.5. The highest BCUT2D eigenvalue weighted by Crippen LogP contribution is 2.28. The van der Waals surface area contributed by atoms with E-state index in [1.54, 1.807) is 0 Å². The van der Waals surface area contributed by atoms with Crippen LogP contribution in [0.15, 0.2) is 12.1 Å². The average Bonchev–Trinajstić information content (AvgIpc) is 2.42. The lowest BCUT2D eigenvalue weighted by Gasteiger charge is -2.39. The van der Waals surface area contributed by atoms with Crippen molar-refractivity contribution in [2.24, 2.45) is 5.92 Å². The van der Waals surface area contributed by atoms with Gasteiger partial charge in [0.1, 0.15) is 5.82 Å². The van der Waals surface area contributed by atoms with Crippen LogP contribution in [0.1, 0.15) is 51.3 Å². The molecule has 0 spiro atoms. The fraction of sp³-hybridized carbons (Fsp3) is 0.706. The molecule has 1 saturated heterocycles. The summed E-state index contributed by atoms with van der Waals surface area (Å²) in [5.41, 5.74) is 2.59. The summed E-state index contributed by atoms with van der Waals surface area (Å²) in [7, 11) is 2.01. The van der Waals surface area contributed by atoms with Crippen molar-refractivity contribution >= 4 is 5.82 Å². The van der Waals surface area contributed by atoms with Gasteiger partial charge < -0.3 is 10.2 Å². The highest BCUT2D eigenvalue weighted by atomic mass is 15.2. The fourth-order valence-corrected chi connectivity index (χ4v) is 3.13. The molecule has 3 nitrogen and oxygen atoms in total. The first kappa shape index (κ1) is 15.3. The molecule has 0 aromatic carbocycles. The van der Waals surface area contributed by atoms with Gasteiger partial charge in [-0.3, -0.25) is 0 Å². The number of aromatic nitrogens is 1. The van der Waals surface area contributed by atoms with Crippen LogP contribution in [0.25, 0.3) is 0 Å². The molecular weight excluding hydrogens is 246 g/mol. The van der Waals surface area contributed by atoms with Crippen molar-refractivity contribution in [3.05, 3.63) is 23.4 Å². The highest BCUT2D eigenvalue weighted by Gasteiger charge is 2.25. The summed E-state index contributed by atoms with van der Waals surface area (Å²) in [6.07, 6.45) is 4.85. The number of aryl methyl sites for hydroxylation is 1. The number of nitrogens with one attached hydrogen (secondary N) is 1. The van der Waals surface area contributed by atoms with Gasteiger partial charge in [0.2, 0.25) is 0 Å². The Morgan fingerprint density at radius 1 is 1.35 bits per heavy atom. The predicted octanol–water partition coefficient (Wildman–Crippen LogP) is 3.38. The van der Waals surface area contributed by atoms with E-state index < -0.39 is 0 Å². The molecule has 0 saturated carbocycles. The second-order valence-corrected chi connectivity index (χ2v) is 6.16. The van der Waals surface area contributed by atoms with Gasteiger partial charge in [-0.2, -0.15) is 0 Å². The molecule has 1 N–H and O–H groups in total. The normalized spacial score (nSPS) is 23.1. The number of anilines is 1. The van der Waals surface area contributed by atoms with Crippen LogP contribution >= 0.6 is 0 Å². The van der Waals surface area contributed by atoms with E-state index in [4.69, 9.17) is 4.98 Å². The monoisotopic (exact) mass is 275 g/mol. The van der Waals surface area contributed by atoms with Gasteiger partial charge in [0.25, 0.3) is 0 Å². The Morgan fingerprint density at radius 3 is 2.85 bits per heavy atom. The van der Waals surface area contributed by atoms with Crippen molar-refractivity contribution in [2.45, 2.75) is 59.0 Å². The molecule has 2 heterocycles. The molecule has 2 rings (SSSR count). The van der Waals surface area contributed by atoms with Gasteiger partial charge in [-0.1, -0.05) is 20.3 Å². The van der Waals surface area contributed by atoms with E-state index in [2.05, 4.69) is 43.1 Å². The molecule has 0 amide bonds. The fourth-order valence-electron chi connectivity index (χ4n) is 3.13. The van der Waals surface area contributed by atoms with Gasteiger partial charge in [-0.15, -0.1) is 0 Å². The van der Waals surface area contributed by atoms with E-state index in [1.807, 2.05) is 7.05 Å². The first-order valence-electron chi connectivity index (χ1n) is 8.06. The van der Waals surface area contributed by atoms with Crippen LogP contribution in [-0.2, 0) is 13.0 Å². The zero-order valence-electron chi connectivity index (χ0n) is 13.4. The van der Waals surface area contributed by atoms with Crippen molar-refractivity contribution in [1.29, 1.82) is 0 Å². The lowest BCUT2D eigenvalue weighted by atomic mass is 9.92. The maximum absolute atomic E-state index is 4.91. The lowest BCUT2D eigenvalue weighted by molar-refractivity contribution is 0.361. The number of hydrogen-bond acceptors (Lipinski definition) is 3. The molecule has 0 bridgehead atoms. The van der Waals surface area contributed by atoms with Crippen LogP contribution in [0.5, 0.6) is 0 Å². The number of nitrogens with zero attached hydrogens (tertiary/aromatic N) is 2. The Morgan fingerprint density at radius 2 is 2.15 bits per heavy atom. The Bertz CT molecular complexity index is 406. The second kappa shape index (κ2) is 7.07. The molecule has 1 aromatic heterocycles. The standard InChI is InChI=1S/C17H29N3/c1-5-7-16-10-15(12-18-4)11-17(19-16)20-9-6-8-13(2)14(20)3/h10-11,13-14,18H,5-9,12H2,1-4H3. The largest absolute Gasteiger partial charge is 0.354 e. The Hall–Kier alpha value is -1.09. The van der Waals surface area contributed by atoms with Gasteiger partial charge in [-0.05, 0) is 56.8 Å². The molecule has 2 unspecified atom stereocenters. The minimum absolute atomic E-state index is 0.593. The van der Waals surface area contributed by atoms with Crippen LogP contribution in [0, 0.1) is 5.92 Å².